The SMILES string of the molecule is CCC(CN)NC(=O)c1cccc(Cl)c1. The normalized spacial score (nSPS) is 12.2. The smallest absolute Gasteiger partial charge is 0.251 e. The fourth-order valence-corrected chi connectivity index (χ4v) is 1.42. The lowest BCUT2D eigenvalue weighted by atomic mass is 10.1. The summed E-state index contributed by atoms with van der Waals surface area (Å²) in [4.78, 5) is 11.7. The summed E-state index contributed by atoms with van der Waals surface area (Å²) in [5, 5.41) is 3.40. The molecule has 0 saturated carbocycles. The second kappa shape index (κ2) is 5.73. The van der Waals surface area contributed by atoms with Crippen molar-refractivity contribution in [3.8, 4) is 0 Å². The highest BCUT2D eigenvalue weighted by molar-refractivity contribution is 6.30. The Morgan fingerprint density at radius 1 is 1.60 bits per heavy atom. The van der Waals surface area contributed by atoms with E-state index in [0.29, 0.717) is 17.1 Å². The third kappa shape index (κ3) is 3.53. The first-order chi connectivity index (χ1) is 7.17. The molecule has 1 amide bonds. The highest BCUT2D eigenvalue weighted by atomic mass is 35.5. The molecule has 0 bridgehead atoms. The molecule has 0 radical (unpaired) electrons. The third-order valence-electron chi connectivity index (χ3n) is 2.20. The van der Waals surface area contributed by atoms with E-state index in [-0.39, 0.29) is 11.9 Å². The average Bonchev–Trinajstić information content (AvgIpc) is 2.25. The van der Waals surface area contributed by atoms with E-state index in [4.69, 9.17) is 17.3 Å². The Balaban J connectivity index is 2.68. The van der Waals surface area contributed by atoms with Crippen LogP contribution >= 0.6 is 11.6 Å². The number of carbonyl (C=O) groups is 1. The zero-order valence-electron chi connectivity index (χ0n) is 8.66. The fraction of sp³-hybridized carbons (Fsp3) is 0.364. The van der Waals surface area contributed by atoms with E-state index in [1.807, 2.05) is 6.92 Å². The van der Waals surface area contributed by atoms with E-state index in [9.17, 15) is 4.79 Å². The zero-order chi connectivity index (χ0) is 11.3. The number of halogens is 1. The zero-order valence-corrected chi connectivity index (χ0v) is 9.42. The highest BCUT2D eigenvalue weighted by Gasteiger charge is 2.10. The largest absolute Gasteiger partial charge is 0.348 e. The van der Waals surface area contributed by atoms with Crippen molar-refractivity contribution in [2.24, 2.45) is 5.73 Å². The molecule has 0 aliphatic rings. The molecule has 3 nitrogen and oxygen atoms in total. The number of carbonyl (C=O) groups excluding carboxylic acids is 1. The summed E-state index contributed by atoms with van der Waals surface area (Å²) in [6.07, 6.45) is 0.822. The minimum atomic E-state index is -0.130. The summed E-state index contributed by atoms with van der Waals surface area (Å²) in [6.45, 7) is 2.43. The van der Waals surface area contributed by atoms with Crippen LogP contribution in [-0.4, -0.2) is 18.5 Å². The van der Waals surface area contributed by atoms with Crippen molar-refractivity contribution in [2.75, 3.05) is 6.54 Å². The molecular formula is C11H15ClN2O. The maximum Gasteiger partial charge on any atom is 0.251 e. The van der Waals surface area contributed by atoms with Crippen molar-refractivity contribution < 1.29 is 4.79 Å². The van der Waals surface area contributed by atoms with Gasteiger partial charge in [-0.05, 0) is 24.6 Å². The third-order valence-corrected chi connectivity index (χ3v) is 2.43. The van der Waals surface area contributed by atoms with Gasteiger partial charge in [-0.2, -0.15) is 0 Å². The first-order valence-corrected chi connectivity index (χ1v) is 5.31. The van der Waals surface area contributed by atoms with Crippen molar-refractivity contribution in [1.29, 1.82) is 0 Å². The number of nitrogens with two attached hydrogens (primary N) is 1. The monoisotopic (exact) mass is 226 g/mol. The summed E-state index contributed by atoms with van der Waals surface area (Å²) in [5.74, 6) is -0.130. The number of hydrogen-bond acceptors (Lipinski definition) is 2. The van der Waals surface area contributed by atoms with Crippen LogP contribution in [0.15, 0.2) is 24.3 Å². The van der Waals surface area contributed by atoms with Crippen molar-refractivity contribution in [1.82, 2.24) is 5.32 Å². The molecule has 0 saturated heterocycles. The van der Waals surface area contributed by atoms with Crippen LogP contribution < -0.4 is 11.1 Å². The maximum atomic E-state index is 11.7. The van der Waals surface area contributed by atoms with E-state index < -0.39 is 0 Å². The molecule has 82 valence electrons. The van der Waals surface area contributed by atoms with Gasteiger partial charge in [-0.15, -0.1) is 0 Å². The van der Waals surface area contributed by atoms with Gasteiger partial charge < -0.3 is 11.1 Å². The highest BCUT2D eigenvalue weighted by Crippen LogP contribution is 2.10. The lowest BCUT2D eigenvalue weighted by Gasteiger charge is -2.14. The number of nitrogens with one attached hydrogen (secondary N) is 1. The van der Waals surface area contributed by atoms with Gasteiger partial charge in [-0.25, -0.2) is 0 Å². The Bertz CT molecular complexity index is 337. The molecule has 0 heterocycles. The van der Waals surface area contributed by atoms with Crippen LogP contribution in [0.2, 0.25) is 5.02 Å². The lowest BCUT2D eigenvalue weighted by Crippen LogP contribution is -2.39. The van der Waals surface area contributed by atoms with Gasteiger partial charge in [0.25, 0.3) is 5.91 Å². The molecule has 0 spiro atoms. The van der Waals surface area contributed by atoms with Gasteiger partial charge in [0.2, 0.25) is 0 Å². The molecule has 1 aromatic carbocycles. The van der Waals surface area contributed by atoms with Gasteiger partial charge in [0.15, 0.2) is 0 Å². The molecule has 1 aromatic rings. The van der Waals surface area contributed by atoms with Gasteiger partial charge >= 0.3 is 0 Å². The molecule has 0 aliphatic carbocycles. The van der Waals surface area contributed by atoms with Crippen molar-refractivity contribution in [3.63, 3.8) is 0 Å². The topological polar surface area (TPSA) is 55.1 Å². The van der Waals surface area contributed by atoms with Crippen LogP contribution in [0.1, 0.15) is 23.7 Å². The molecule has 3 N–H and O–H groups in total. The van der Waals surface area contributed by atoms with E-state index in [1.54, 1.807) is 24.3 Å². The Labute approximate surface area is 94.6 Å². The van der Waals surface area contributed by atoms with Gasteiger partial charge in [0.1, 0.15) is 0 Å². The van der Waals surface area contributed by atoms with E-state index in [2.05, 4.69) is 5.32 Å². The number of rotatable bonds is 4. The molecule has 0 aromatic heterocycles. The Morgan fingerprint density at radius 2 is 2.33 bits per heavy atom. The van der Waals surface area contributed by atoms with Gasteiger partial charge in [-0.3, -0.25) is 4.79 Å². The fourth-order valence-electron chi connectivity index (χ4n) is 1.23. The second-order valence-corrected chi connectivity index (χ2v) is 3.76. The maximum absolute atomic E-state index is 11.7. The number of benzene rings is 1. The summed E-state index contributed by atoms with van der Waals surface area (Å²) in [7, 11) is 0. The van der Waals surface area contributed by atoms with Crippen LogP contribution in [0.4, 0.5) is 0 Å². The Hall–Kier alpha value is -1.06. The number of amides is 1. The van der Waals surface area contributed by atoms with Crippen LogP contribution in [0.25, 0.3) is 0 Å². The first kappa shape index (κ1) is 12.0. The molecule has 1 atom stereocenters. The summed E-state index contributed by atoms with van der Waals surface area (Å²) < 4.78 is 0. The van der Waals surface area contributed by atoms with Crippen molar-refractivity contribution in [3.05, 3.63) is 34.9 Å². The predicted octanol–water partition coefficient (Wildman–Crippen LogP) is 1.81. The van der Waals surface area contributed by atoms with Crippen molar-refractivity contribution >= 4 is 17.5 Å². The minimum Gasteiger partial charge on any atom is -0.348 e. The van der Waals surface area contributed by atoms with Crippen LogP contribution in [0.3, 0.4) is 0 Å². The van der Waals surface area contributed by atoms with Crippen LogP contribution in [-0.2, 0) is 0 Å². The average molecular weight is 227 g/mol. The van der Waals surface area contributed by atoms with E-state index in [1.165, 1.54) is 0 Å². The van der Waals surface area contributed by atoms with Gasteiger partial charge in [0, 0.05) is 23.2 Å². The lowest BCUT2D eigenvalue weighted by molar-refractivity contribution is 0.0937. The Kier molecular flexibility index (Phi) is 4.59. The summed E-state index contributed by atoms with van der Waals surface area (Å²) in [6, 6.07) is 6.88. The second-order valence-electron chi connectivity index (χ2n) is 3.32. The molecule has 1 rings (SSSR count). The van der Waals surface area contributed by atoms with Crippen molar-refractivity contribution in [2.45, 2.75) is 19.4 Å². The molecule has 4 heteroatoms. The van der Waals surface area contributed by atoms with Crippen LogP contribution in [0.5, 0.6) is 0 Å². The minimum absolute atomic E-state index is 0.0245. The van der Waals surface area contributed by atoms with Gasteiger partial charge in [-0.1, -0.05) is 24.6 Å². The standard InChI is InChI=1S/C11H15ClN2O/c1-2-10(7-13)14-11(15)8-4-3-5-9(12)6-8/h3-6,10H,2,7,13H2,1H3,(H,14,15). The quantitative estimate of drug-likeness (QED) is 0.823. The molecular weight excluding hydrogens is 212 g/mol. The molecule has 0 fully saturated rings. The molecule has 15 heavy (non-hydrogen) atoms. The predicted molar refractivity (Wildman–Crippen MR) is 62.1 cm³/mol. The Morgan fingerprint density at radius 3 is 2.87 bits per heavy atom. The summed E-state index contributed by atoms with van der Waals surface area (Å²) >= 11 is 5.79. The first-order valence-electron chi connectivity index (χ1n) is 4.94. The van der Waals surface area contributed by atoms with Crippen LogP contribution in [0, 0.1) is 0 Å². The molecule has 1 unspecified atom stereocenters. The van der Waals surface area contributed by atoms with E-state index >= 15 is 0 Å². The number of hydrogen-bond donors (Lipinski definition) is 2. The summed E-state index contributed by atoms with van der Waals surface area (Å²) in [5.41, 5.74) is 6.06. The van der Waals surface area contributed by atoms with Gasteiger partial charge in [0.05, 0.1) is 0 Å². The van der Waals surface area contributed by atoms with E-state index in [0.717, 1.165) is 6.42 Å². The molecule has 0 aliphatic heterocycles.